The summed E-state index contributed by atoms with van der Waals surface area (Å²) >= 11 is 5.58. The van der Waals surface area contributed by atoms with Gasteiger partial charge in [0.25, 0.3) is 0 Å². The Morgan fingerprint density at radius 2 is 2.07 bits per heavy atom. The van der Waals surface area contributed by atoms with Crippen molar-refractivity contribution in [3.05, 3.63) is 28.8 Å². The van der Waals surface area contributed by atoms with E-state index in [2.05, 4.69) is 0 Å². The summed E-state index contributed by atoms with van der Waals surface area (Å²) in [6.07, 6.45) is 0. The minimum atomic E-state index is -2.90. The fourth-order valence-electron chi connectivity index (χ4n) is 0.894. The van der Waals surface area contributed by atoms with Crippen LogP contribution in [0.4, 0.5) is 5.69 Å². The Labute approximate surface area is 86.4 Å². The number of thiol groups is 1. The zero-order valence-corrected chi connectivity index (χ0v) is 8.38. The van der Waals surface area contributed by atoms with E-state index in [1.165, 1.54) is 18.2 Å². The molecule has 1 rings (SSSR count). The van der Waals surface area contributed by atoms with Gasteiger partial charge in [-0.05, 0) is 18.2 Å². The molecule has 1 aromatic carbocycles. The maximum atomic E-state index is 10.6. The summed E-state index contributed by atoms with van der Waals surface area (Å²) < 4.78 is 22.7. The number of halogens is 1. The molecule has 1 aromatic rings. The second-order valence-corrected chi connectivity index (χ2v) is 3.54. The van der Waals surface area contributed by atoms with Gasteiger partial charge in [0, 0.05) is 5.02 Å². The first-order chi connectivity index (χ1) is 6.50. The lowest BCUT2D eigenvalue weighted by atomic mass is 10.2. The number of carbonyl (C=O) groups is 1. The van der Waals surface area contributed by atoms with E-state index in [9.17, 15) is 13.2 Å². The zero-order valence-electron chi connectivity index (χ0n) is 6.73. The van der Waals surface area contributed by atoms with Crippen molar-refractivity contribution < 1.29 is 18.3 Å². The molecule has 0 bridgehead atoms. The molecule has 0 aliphatic rings. The molecule has 2 N–H and O–H groups in total. The van der Waals surface area contributed by atoms with Crippen molar-refractivity contribution in [2.24, 2.45) is 0 Å². The first-order valence-electron chi connectivity index (χ1n) is 3.44. The molecule has 0 spiro atoms. The van der Waals surface area contributed by atoms with Crippen molar-refractivity contribution in [2.45, 2.75) is 0 Å². The van der Waals surface area contributed by atoms with Crippen molar-refractivity contribution in [2.75, 3.05) is 4.72 Å². The van der Waals surface area contributed by atoms with Crippen LogP contribution in [0, 0.1) is 0 Å². The molecule has 14 heavy (non-hydrogen) atoms. The lowest BCUT2D eigenvalue weighted by Gasteiger charge is -2.03. The fourth-order valence-corrected chi connectivity index (χ4v) is 1.45. The van der Waals surface area contributed by atoms with Gasteiger partial charge < -0.3 is 5.11 Å². The number of carboxylic acid groups (broad SMARTS) is 1. The summed E-state index contributed by atoms with van der Waals surface area (Å²) in [7, 11) is -2.90. The van der Waals surface area contributed by atoms with E-state index in [1.807, 2.05) is 4.72 Å². The highest BCUT2D eigenvalue weighted by atomic mass is 35.5. The summed E-state index contributed by atoms with van der Waals surface area (Å²) in [6.45, 7) is 0. The monoisotopic (exact) mass is 235 g/mol. The van der Waals surface area contributed by atoms with Gasteiger partial charge >= 0.3 is 5.97 Å². The van der Waals surface area contributed by atoms with Crippen LogP contribution in [0.25, 0.3) is 0 Å². The average molecular weight is 236 g/mol. The Morgan fingerprint density at radius 1 is 1.43 bits per heavy atom. The molecule has 0 saturated heterocycles. The van der Waals surface area contributed by atoms with Gasteiger partial charge in [0.2, 0.25) is 10.9 Å². The molecule has 5 nitrogen and oxygen atoms in total. The maximum absolute atomic E-state index is 10.6. The average Bonchev–Trinajstić information content (AvgIpc) is 2.01. The topological polar surface area (TPSA) is 83.5 Å². The van der Waals surface area contributed by atoms with Gasteiger partial charge in [-0.25, -0.2) is 13.2 Å². The standard InChI is InChI=1S/C7H6ClNO4S/c8-4-1-2-5(7(10)11)6(3-4)9-14(12)13/h1-3,14H,(H,10,11)(H,9,12,13). The summed E-state index contributed by atoms with van der Waals surface area (Å²) in [4.78, 5) is 10.6. The second-order valence-electron chi connectivity index (χ2n) is 2.36. The van der Waals surface area contributed by atoms with Gasteiger partial charge in [-0.15, -0.1) is 0 Å². The summed E-state index contributed by atoms with van der Waals surface area (Å²) in [6, 6.07) is 3.83. The van der Waals surface area contributed by atoms with Crippen LogP contribution in [0.15, 0.2) is 18.2 Å². The lowest BCUT2D eigenvalue weighted by molar-refractivity contribution is 0.0698. The molecular formula is C7H6ClNO4S. The fraction of sp³-hybridized carbons (Fsp3) is 0. The molecule has 0 radical (unpaired) electrons. The maximum Gasteiger partial charge on any atom is 0.337 e. The predicted octanol–water partition coefficient (Wildman–Crippen LogP) is 0.976. The third kappa shape index (κ3) is 2.61. The SMILES string of the molecule is O=C(O)c1ccc(Cl)cc1N[SH](=O)=O. The molecule has 0 unspecified atom stereocenters. The normalized spacial score (nSPS) is 10.1. The lowest BCUT2D eigenvalue weighted by Crippen LogP contribution is -2.04. The summed E-state index contributed by atoms with van der Waals surface area (Å²) in [5, 5.41) is 8.95. The quantitative estimate of drug-likeness (QED) is 0.682. The van der Waals surface area contributed by atoms with Crippen molar-refractivity contribution in [1.29, 1.82) is 0 Å². The molecule has 0 fully saturated rings. The van der Waals surface area contributed by atoms with Gasteiger partial charge in [-0.2, -0.15) is 0 Å². The van der Waals surface area contributed by atoms with Crippen molar-refractivity contribution >= 4 is 34.1 Å². The second kappa shape index (κ2) is 4.30. The molecular weight excluding hydrogens is 230 g/mol. The number of anilines is 1. The molecule has 0 heterocycles. The number of benzene rings is 1. The number of carboxylic acids is 1. The number of nitrogens with one attached hydrogen (secondary N) is 1. The first kappa shape index (κ1) is 10.8. The third-order valence-electron chi connectivity index (χ3n) is 1.42. The van der Waals surface area contributed by atoms with E-state index in [-0.39, 0.29) is 16.3 Å². The molecule has 76 valence electrons. The zero-order chi connectivity index (χ0) is 10.7. The van der Waals surface area contributed by atoms with Crippen LogP contribution in [0.3, 0.4) is 0 Å². The molecule has 0 saturated carbocycles. The number of hydrogen-bond donors (Lipinski definition) is 3. The molecule has 0 aliphatic heterocycles. The highest BCUT2D eigenvalue weighted by Gasteiger charge is 2.10. The van der Waals surface area contributed by atoms with E-state index >= 15 is 0 Å². The van der Waals surface area contributed by atoms with Crippen molar-refractivity contribution in [3.63, 3.8) is 0 Å². The minimum absolute atomic E-state index is 0.0406. The number of rotatable bonds is 3. The Kier molecular flexibility index (Phi) is 3.32. The van der Waals surface area contributed by atoms with Gasteiger partial charge in [-0.3, -0.25) is 4.72 Å². The van der Waals surface area contributed by atoms with E-state index in [0.717, 1.165) is 0 Å². The van der Waals surface area contributed by atoms with Gasteiger partial charge in [0.15, 0.2) is 0 Å². The number of hydrogen-bond acceptors (Lipinski definition) is 3. The Morgan fingerprint density at radius 3 is 2.57 bits per heavy atom. The minimum Gasteiger partial charge on any atom is -0.478 e. The highest BCUT2D eigenvalue weighted by Crippen LogP contribution is 2.20. The summed E-state index contributed by atoms with van der Waals surface area (Å²) in [5.41, 5.74) is -0.185. The van der Waals surface area contributed by atoms with Crippen LogP contribution in [0.1, 0.15) is 10.4 Å². The number of aromatic carboxylic acids is 1. The van der Waals surface area contributed by atoms with E-state index in [1.54, 1.807) is 0 Å². The van der Waals surface area contributed by atoms with Crippen LogP contribution in [0.2, 0.25) is 5.02 Å². The largest absolute Gasteiger partial charge is 0.478 e. The van der Waals surface area contributed by atoms with Crippen LogP contribution in [-0.2, 0) is 10.9 Å². The Hall–Kier alpha value is -1.27. The van der Waals surface area contributed by atoms with E-state index < -0.39 is 16.9 Å². The molecule has 0 amide bonds. The van der Waals surface area contributed by atoms with Crippen LogP contribution in [0.5, 0.6) is 0 Å². The van der Waals surface area contributed by atoms with Gasteiger partial charge in [-0.1, -0.05) is 11.6 Å². The molecule has 0 aromatic heterocycles. The highest BCUT2D eigenvalue weighted by molar-refractivity contribution is 7.73. The third-order valence-corrected chi connectivity index (χ3v) is 2.08. The van der Waals surface area contributed by atoms with Crippen molar-refractivity contribution in [3.8, 4) is 0 Å². The summed E-state index contributed by atoms with van der Waals surface area (Å²) in [5.74, 6) is -1.22. The first-order valence-corrected chi connectivity index (χ1v) is 5.00. The van der Waals surface area contributed by atoms with E-state index in [4.69, 9.17) is 16.7 Å². The van der Waals surface area contributed by atoms with Gasteiger partial charge in [0.1, 0.15) is 0 Å². The van der Waals surface area contributed by atoms with Crippen LogP contribution in [-0.4, -0.2) is 19.5 Å². The van der Waals surface area contributed by atoms with E-state index in [0.29, 0.717) is 0 Å². The van der Waals surface area contributed by atoms with Crippen molar-refractivity contribution in [1.82, 2.24) is 0 Å². The Balaban J connectivity index is 3.22. The molecule has 0 atom stereocenters. The molecule has 0 aliphatic carbocycles. The Bertz CT molecular complexity index is 435. The predicted molar refractivity (Wildman–Crippen MR) is 52.3 cm³/mol. The molecule has 7 heteroatoms. The van der Waals surface area contributed by atoms with Crippen LogP contribution >= 0.6 is 11.6 Å². The smallest absolute Gasteiger partial charge is 0.337 e. The van der Waals surface area contributed by atoms with Gasteiger partial charge in [0.05, 0.1) is 11.3 Å². The van der Waals surface area contributed by atoms with Crippen LogP contribution < -0.4 is 4.72 Å².